The molecule has 0 aliphatic rings. The van der Waals surface area contributed by atoms with Gasteiger partial charge in [0.05, 0.1) is 22.4 Å². The molecule has 0 saturated carbocycles. The van der Waals surface area contributed by atoms with Gasteiger partial charge in [-0.05, 0) is 61.4 Å². The Balaban J connectivity index is 1.82. The second kappa shape index (κ2) is 7.23. The fourth-order valence-electron chi connectivity index (χ4n) is 2.90. The number of hydrogen-bond acceptors (Lipinski definition) is 4. The van der Waals surface area contributed by atoms with Crippen molar-refractivity contribution in [2.75, 3.05) is 10.6 Å². The van der Waals surface area contributed by atoms with Crippen molar-refractivity contribution in [1.82, 2.24) is 9.97 Å². The summed E-state index contributed by atoms with van der Waals surface area (Å²) in [4.78, 5) is 9.13. The lowest BCUT2D eigenvalue weighted by Crippen LogP contribution is -2.05. The molecule has 6 heteroatoms. The van der Waals surface area contributed by atoms with Crippen LogP contribution >= 0.6 is 0 Å². The molecule has 0 spiro atoms. The molecule has 0 atom stereocenters. The number of benzene rings is 3. The lowest BCUT2D eigenvalue weighted by atomic mass is 10.2. The smallest absolute Gasteiger partial charge is 0.174 e. The minimum atomic E-state index is -0.409. The van der Waals surface area contributed by atoms with Gasteiger partial charge in [0.2, 0.25) is 0 Å². The van der Waals surface area contributed by atoms with Crippen LogP contribution < -0.4 is 10.6 Å². The van der Waals surface area contributed by atoms with Crippen LogP contribution in [0.1, 0.15) is 11.1 Å². The van der Waals surface area contributed by atoms with Crippen LogP contribution in [0.4, 0.5) is 31.8 Å². The average Bonchev–Trinajstić information content (AvgIpc) is 2.68. The highest BCUT2D eigenvalue weighted by molar-refractivity contribution is 5.83. The topological polar surface area (TPSA) is 49.8 Å². The highest BCUT2D eigenvalue weighted by Gasteiger charge is 2.13. The van der Waals surface area contributed by atoms with Gasteiger partial charge in [-0.1, -0.05) is 24.3 Å². The summed E-state index contributed by atoms with van der Waals surface area (Å²) in [5, 5.41) is 5.99. The van der Waals surface area contributed by atoms with Gasteiger partial charge in [-0.25, -0.2) is 18.7 Å². The number of para-hydroxylation sites is 2. The number of hydrogen-bond donors (Lipinski definition) is 2. The average molecular weight is 376 g/mol. The Morgan fingerprint density at radius 1 is 0.643 bits per heavy atom. The first-order valence-electron chi connectivity index (χ1n) is 8.83. The van der Waals surface area contributed by atoms with Gasteiger partial charge in [-0.2, -0.15) is 0 Å². The quantitative estimate of drug-likeness (QED) is 0.458. The van der Waals surface area contributed by atoms with Gasteiger partial charge < -0.3 is 10.6 Å². The molecule has 0 aliphatic heterocycles. The van der Waals surface area contributed by atoms with Crippen molar-refractivity contribution in [2.24, 2.45) is 0 Å². The molecule has 140 valence electrons. The van der Waals surface area contributed by atoms with Crippen LogP contribution in [0.3, 0.4) is 0 Å². The van der Waals surface area contributed by atoms with E-state index in [2.05, 4.69) is 20.6 Å². The lowest BCUT2D eigenvalue weighted by Gasteiger charge is -2.15. The second-order valence-electron chi connectivity index (χ2n) is 6.63. The monoisotopic (exact) mass is 376 g/mol. The first-order valence-corrected chi connectivity index (χ1v) is 8.83. The van der Waals surface area contributed by atoms with E-state index in [1.807, 2.05) is 38.1 Å². The van der Waals surface area contributed by atoms with Gasteiger partial charge in [0.1, 0.15) is 11.6 Å². The molecular weight excluding hydrogens is 358 g/mol. The first-order chi connectivity index (χ1) is 13.5. The third kappa shape index (κ3) is 3.62. The molecule has 0 fully saturated rings. The molecule has 4 nitrogen and oxygen atoms in total. The summed E-state index contributed by atoms with van der Waals surface area (Å²) in [7, 11) is 0. The Morgan fingerprint density at radius 2 is 1.07 bits per heavy atom. The van der Waals surface area contributed by atoms with E-state index in [0.717, 1.165) is 11.1 Å². The van der Waals surface area contributed by atoms with Gasteiger partial charge in [-0.3, -0.25) is 0 Å². The maximum Gasteiger partial charge on any atom is 0.174 e. The third-order valence-electron chi connectivity index (χ3n) is 4.32. The minimum absolute atomic E-state index is 0.275. The van der Waals surface area contributed by atoms with Crippen molar-refractivity contribution in [3.05, 3.63) is 83.4 Å². The third-order valence-corrected chi connectivity index (χ3v) is 4.32. The summed E-state index contributed by atoms with van der Waals surface area (Å²) in [5.41, 5.74) is 3.64. The maximum absolute atomic E-state index is 14.3. The first kappa shape index (κ1) is 17.9. The highest BCUT2D eigenvalue weighted by atomic mass is 19.1. The maximum atomic E-state index is 14.3. The van der Waals surface area contributed by atoms with E-state index in [4.69, 9.17) is 0 Å². The number of anilines is 4. The standard InChI is InChI=1S/C22H18F2N4/c1-13-7-9-15(23)19(11-13)27-21-22(26-18-6-4-3-5-17(18)25-21)28-20-12-14(2)8-10-16(20)24/h3-12H,1-2H3,(H,25,27)(H,26,28). The number of fused-ring (bicyclic) bond motifs is 1. The summed E-state index contributed by atoms with van der Waals surface area (Å²) in [6.07, 6.45) is 0. The number of aryl methyl sites for hydroxylation is 2. The van der Waals surface area contributed by atoms with E-state index in [1.165, 1.54) is 12.1 Å². The molecule has 0 saturated heterocycles. The van der Waals surface area contributed by atoms with E-state index < -0.39 is 11.6 Å². The van der Waals surface area contributed by atoms with Crippen LogP contribution in [0.5, 0.6) is 0 Å². The Bertz CT molecular complexity index is 1080. The molecule has 4 aromatic rings. The minimum Gasteiger partial charge on any atom is -0.335 e. The Kier molecular flexibility index (Phi) is 4.61. The predicted molar refractivity (Wildman–Crippen MR) is 108 cm³/mol. The van der Waals surface area contributed by atoms with Crippen molar-refractivity contribution in [3.8, 4) is 0 Å². The largest absolute Gasteiger partial charge is 0.335 e. The summed E-state index contributed by atoms with van der Waals surface area (Å²) < 4.78 is 28.5. The fraction of sp³-hybridized carbons (Fsp3) is 0.0909. The van der Waals surface area contributed by atoms with E-state index in [0.29, 0.717) is 22.7 Å². The number of rotatable bonds is 4. The van der Waals surface area contributed by atoms with Gasteiger partial charge in [-0.15, -0.1) is 0 Å². The van der Waals surface area contributed by atoms with Crippen LogP contribution in [-0.2, 0) is 0 Å². The molecule has 0 bridgehead atoms. The SMILES string of the molecule is Cc1ccc(F)c(Nc2nc3ccccc3nc2Nc2cc(C)ccc2F)c1. The second-order valence-corrected chi connectivity index (χ2v) is 6.63. The zero-order chi connectivity index (χ0) is 19.7. The Morgan fingerprint density at radius 3 is 1.50 bits per heavy atom. The van der Waals surface area contributed by atoms with Crippen LogP contribution in [0.2, 0.25) is 0 Å². The van der Waals surface area contributed by atoms with Crippen molar-refractivity contribution in [3.63, 3.8) is 0 Å². The van der Waals surface area contributed by atoms with Gasteiger partial charge in [0.15, 0.2) is 11.6 Å². The zero-order valence-electron chi connectivity index (χ0n) is 15.4. The normalized spacial score (nSPS) is 10.9. The van der Waals surface area contributed by atoms with E-state index in [-0.39, 0.29) is 11.4 Å². The summed E-state index contributed by atoms with van der Waals surface area (Å²) >= 11 is 0. The van der Waals surface area contributed by atoms with Gasteiger partial charge in [0, 0.05) is 0 Å². The lowest BCUT2D eigenvalue weighted by molar-refractivity contribution is 0.630. The number of nitrogens with one attached hydrogen (secondary N) is 2. The molecule has 28 heavy (non-hydrogen) atoms. The van der Waals surface area contributed by atoms with Crippen molar-refractivity contribution in [1.29, 1.82) is 0 Å². The molecule has 0 aliphatic carbocycles. The van der Waals surface area contributed by atoms with Gasteiger partial charge >= 0.3 is 0 Å². The highest BCUT2D eigenvalue weighted by Crippen LogP contribution is 2.30. The molecule has 0 unspecified atom stereocenters. The Labute approximate surface area is 161 Å². The van der Waals surface area contributed by atoms with Crippen LogP contribution in [0.25, 0.3) is 11.0 Å². The number of nitrogens with zero attached hydrogens (tertiary/aromatic N) is 2. The molecule has 3 aromatic carbocycles. The molecule has 2 N–H and O–H groups in total. The van der Waals surface area contributed by atoms with Crippen LogP contribution in [0, 0.1) is 25.5 Å². The Hall–Kier alpha value is -3.54. The van der Waals surface area contributed by atoms with E-state index in [9.17, 15) is 8.78 Å². The molecule has 0 amide bonds. The zero-order valence-corrected chi connectivity index (χ0v) is 15.4. The van der Waals surface area contributed by atoms with Gasteiger partial charge in [0.25, 0.3) is 0 Å². The van der Waals surface area contributed by atoms with Crippen molar-refractivity contribution >= 4 is 34.0 Å². The molecule has 0 radical (unpaired) electrons. The molecular formula is C22H18F2N4. The van der Waals surface area contributed by atoms with Crippen LogP contribution in [-0.4, -0.2) is 9.97 Å². The van der Waals surface area contributed by atoms with E-state index in [1.54, 1.807) is 24.3 Å². The molecule has 4 rings (SSSR count). The predicted octanol–water partition coefficient (Wildman–Crippen LogP) is 6.01. The molecule has 1 aromatic heterocycles. The molecule has 1 heterocycles. The van der Waals surface area contributed by atoms with E-state index >= 15 is 0 Å². The van der Waals surface area contributed by atoms with Crippen molar-refractivity contribution < 1.29 is 8.78 Å². The van der Waals surface area contributed by atoms with Crippen molar-refractivity contribution in [2.45, 2.75) is 13.8 Å². The summed E-state index contributed by atoms with van der Waals surface area (Å²) in [6.45, 7) is 3.75. The fourth-order valence-corrected chi connectivity index (χ4v) is 2.90. The van der Waals surface area contributed by atoms with Crippen LogP contribution in [0.15, 0.2) is 60.7 Å². The summed E-state index contributed by atoms with van der Waals surface area (Å²) in [6, 6.07) is 16.9. The number of halogens is 2. The number of aromatic nitrogens is 2. The summed E-state index contributed by atoms with van der Waals surface area (Å²) in [5.74, 6) is -0.199.